The van der Waals surface area contributed by atoms with Crippen molar-refractivity contribution in [1.29, 1.82) is 0 Å². The van der Waals surface area contributed by atoms with Gasteiger partial charge in [-0.3, -0.25) is 0 Å². The summed E-state index contributed by atoms with van der Waals surface area (Å²) in [5.74, 6) is 1.01. The zero-order valence-corrected chi connectivity index (χ0v) is 5.64. The van der Waals surface area contributed by atoms with Gasteiger partial charge in [-0.05, 0) is 6.26 Å². The second-order valence-electron chi connectivity index (χ2n) is 1.29. The van der Waals surface area contributed by atoms with E-state index in [0.717, 1.165) is 11.4 Å². The van der Waals surface area contributed by atoms with Gasteiger partial charge in [-0.2, -0.15) is 11.8 Å². The Morgan fingerprint density at radius 3 is 2.57 bits per heavy atom. The molecule has 0 fully saturated rings. The Hall–Kier alpha value is -0.110. The fourth-order valence-corrected chi connectivity index (χ4v) is 0.739. The van der Waals surface area contributed by atoms with Crippen LogP contribution in [0, 0.1) is 0 Å². The average molecular weight is 117 g/mol. The quantitative estimate of drug-likeness (QED) is 0.593. The van der Waals surface area contributed by atoms with Crippen LogP contribution in [-0.2, 0) is 0 Å². The third kappa shape index (κ3) is 3.73. The molecule has 0 aliphatic rings. The van der Waals surface area contributed by atoms with Gasteiger partial charge in [0.2, 0.25) is 0 Å². The maximum atomic E-state index is 3.73. The first-order chi connectivity index (χ1) is 3.31. The Labute approximate surface area is 49.2 Å². The maximum absolute atomic E-state index is 3.73. The highest BCUT2D eigenvalue weighted by molar-refractivity contribution is 7.98. The monoisotopic (exact) mass is 117 g/mol. The molecule has 0 heterocycles. The van der Waals surface area contributed by atoms with Crippen molar-refractivity contribution in [2.45, 2.75) is 0 Å². The number of hydrogen-bond donors (Lipinski definition) is 1. The van der Waals surface area contributed by atoms with Gasteiger partial charge in [-0.1, -0.05) is 6.58 Å². The summed E-state index contributed by atoms with van der Waals surface area (Å²) in [4.78, 5) is 0. The van der Waals surface area contributed by atoms with Crippen LogP contribution in [0.25, 0.3) is 0 Å². The molecule has 0 aromatic heterocycles. The van der Waals surface area contributed by atoms with Crippen molar-refractivity contribution in [3.8, 4) is 0 Å². The number of hydrogen-bond acceptors (Lipinski definition) is 2. The third-order valence-electron chi connectivity index (χ3n) is 0.672. The van der Waals surface area contributed by atoms with Gasteiger partial charge in [0.05, 0.1) is 0 Å². The second-order valence-corrected chi connectivity index (χ2v) is 2.15. The summed E-state index contributed by atoms with van der Waals surface area (Å²) in [7, 11) is 1.89. The van der Waals surface area contributed by atoms with Gasteiger partial charge in [0, 0.05) is 18.5 Å². The molecule has 1 nitrogen and oxygen atoms in total. The molecule has 7 heavy (non-hydrogen) atoms. The van der Waals surface area contributed by atoms with E-state index in [0.29, 0.717) is 0 Å². The van der Waals surface area contributed by atoms with Crippen LogP contribution in [0.4, 0.5) is 0 Å². The predicted molar refractivity (Wildman–Crippen MR) is 36.6 cm³/mol. The first kappa shape index (κ1) is 6.89. The van der Waals surface area contributed by atoms with Crippen molar-refractivity contribution in [3.63, 3.8) is 0 Å². The smallest absolute Gasteiger partial charge is 0.0323 e. The van der Waals surface area contributed by atoms with Gasteiger partial charge >= 0.3 is 0 Å². The van der Waals surface area contributed by atoms with E-state index in [2.05, 4.69) is 18.2 Å². The lowest BCUT2D eigenvalue weighted by atomic mass is 10.6. The summed E-state index contributed by atoms with van der Waals surface area (Å²) in [6.07, 6.45) is 2.06. The van der Waals surface area contributed by atoms with Crippen molar-refractivity contribution >= 4 is 11.8 Å². The summed E-state index contributed by atoms with van der Waals surface area (Å²) in [5.41, 5.74) is 1.09. The van der Waals surface area contributed by atoms with Gasteiger partial charge in [0.1, 0.15) is 0 Å². The first-order valence-electron chi connectivity index (χ1n) is 2.15. The first-order valence-corrected chi connectivity index (χ1v) is 3.55. The molecule has 0 aliphatic heterocycles. The SMILES string of the molecule is C=C(CSC)NC. The number of rotatable bonds is 3. The van der Waals surface area contributed by atoms with Gasteiger partial charge in [0.25, 0.3) is 0 Å². The minimum atomic E-state index is 1.01. The minimum Gasteiger partial charge on any atom is -0.391 e. The molecule has 42 valence electrons. The average Bonchev–Trinajstić information content (AvgIpc) is 1.68. The zero-order valence-electron chi connectivity index (χ0n) is 4.82. The minimum absolute atomic E-state index is 1.01. The fourth-order valence-electron chi connectivity index (χ4n) is 0.246. The van der Waals surface area contributed by atoms with Crippen molar-refractivity contribution in [1.82, 2.24) is 5.32 Å². The zero-order chi connectivity index (χ0) is 5.70. The van der Waals surface area contributed by atoms with Crippen molar-refractivity contribution in [2.75, 3.05) is 19.1 Å². The lowest BCUT2D eigenvalue weighted by Gasteiger charge is -1.98. The van der Waals surface area contributed by atoms with Gasteiger partial charge in [0.15, 0.2) is 0 Å². The third-order valence-corrected chi connectivity index (χ3v) is 1.31. The Morgan fingerprint density at radius 2 is 2.43 bits per heavy atom. The van der Waals surface area contributed by atoms with E-state index >= 15 is 0 Å². The fraction of sp³-hybridized carbons (Fsp3) is 0.600. The Balaban J connectivity index is 3.00. The highest BCUT2D eigenvalue weighted by atomic mass is 32.2. The highest BCUT2D eigenvalue weighted by Gasteiger charge is 1.81. The molecular formula is C5H11NS. The van der Waals surface area contributed by atoms with Crippen LogP contribution in [0.2, 0.25) is 0 Å². The maximum Gasteiger partial charge on any atom is 0.0323 e. The summed E-state index contributed by atoms with van der Waals surface area (Å²) in [5, 5.41) is 2.95. The van der Waals surface area contributed by atoms with Crippen LogP contribution >= 0.6 is 11.8 Å². The van der Waals surface area contributed by atoms with Crippen LogP contribution in [0.5, 0.6) is 0 Å². The standard InChI is InChI=1S/C5H11NS/c1-5(6-2)4-7-3/h6H,1,4H2,2-3H3. The molecule has 0 saturated heterocycles. The molecule has 0 aromatic carbocycles. The van der Waals surface area contributed by atoms with E-state index in [1.54, 1.807) is 11.8 Å². The van der Waals surface area contributed by atoms with Crippen molar-refractivity contribution < 1.29 is 0 Å². The van der Waals surface area contributed by atoms with Gasteiger partial charge in [-0.25, -0.2) is 0 Å². The Kier molecular flexibility index (Phi) is 4.00. The molecule has 0 radical (unpaired) electrons. The van der Waals surface area contributed by atoms with Crippen LogP contribution in [0.15, 0.2) is 12.3 Å². The summed E-state index contributed by atoms with van der Waals surface area (Å²) in [6, 6.07) is 0. The normalized spacial score (nSPS) is 8.29. The molecule has 0 amide bonds. The number of nitrogens with one attached hydrogen (secondary N) is 1. The van der Waals surface area contributed by atoms with Crippen molar-refractivity contribution in [2.24, 2.45) is 0 Å². The molecular weight excluding hydrogens is 106 g/mol. The predicted octanol–water partition coefficient (Wildman–Crippen LogP) is 1.08. The van der Waals surface area contributed by atoms with Gasteiger partial charge in [-0.15, -0.1) is 0 Å². The summed E-state index contributed by atoms with van der Waals surface area (Å²) in [6.45, 7) is 3.73. The Morgan fingerprint density at radius 1 is 1.86 bits per heavy atom. The second kappa shape index (κ2) is 4.06. The van der Waals surface area contributed by atoms with Crippen LogP contribution < -0.4 is 5.32 Å². The molecule has 1 N–H and O–H groups in total. The van der Waals surface area contributed by atoms with Crippen LogP contribution in [0.3, 0.4) is 0 Å². The van der Waals surface area contributed by atoms with E-state index in [1.165, 1.54) is 0 Å². The molecule has 0 aliphatic carbocycles. The van der Waals surface area contributed by atoms with Crippen LogP contribution in [0.1, 0.15) is 0 Å². The van der Waals surface area contributed by atoms with E-state index in [4.69, 9.17) is 0 Å². The molecule has 0 atom stereocenters. The largest absolute Gasteiger partial charge is 0.391 e. The summed E-state index contributed by atoms with van der Waals surface area (Å²) < 4.78 is 0. The summed E-state index contributed by atoms with van der Waals surface area (Å²) >= 11 is 1.77. The van der Waals surface area contributed by atoms with E-state index in [1.807, 2.05) is 7.05 Å². The topological polar surface area (TPSA) is 12.0 Å². The molecule has 0 rings (SSSR count). The molecule has 0 bridgehead atoms. The molecule has 0 saturated carbocycles. The number of thioether (sulfide) groups is 1. The highest BCUT2D eigenvalue weighted by Crippen LogP contribution is 1.95. The molecule has 0 spiro atoms. The van der Waals surface area contributed by atoms with E-state index in [9.17, 15) is 0 Å². The van der Waals surface area contributed by atoms with Crippen molar-refractivity contribution in [3.05, 3.63) is 12.3 Å². The molecule has 2 heteroatoms. The van der Waals surface area contributed by atoms with Crippen LogP contribution in [-0.4, -0.2) is 19.1 Å². The van der Waals surface area contributed by atoms with E-state index in [-0.39, 0.29) is 0 Å². The lowest BCUT2D eigenvalue weighted by Crippen LogP contribution is -2.05. The molecule has 0 aromatic rings. The molecule has 0 unspecified atom stereocenters. The lowest BCUT2D eigenvalue weighted by molar-refractivity contribution is 1.01. The van der Waals surface area contributed by atoms with E-state index < -0.39 is 0 Å². The Bertz CT molecular complexity index is 61.1. The van der Waals surface area contributed by atoms with Gasteiger partial charge < -0.3 is 5.32 Å².